The van der Waals surface area contributed by atoms with E-state index in [1.807, 2.05) is 48.5 Å². The number of hydrogen-bond donors (Lipinski definition) is 1. The molecule has 0 atom stereocenters. The third-order valence-corrected chi connectivity index (χ3v) is 1.86. The zero-order valence-corrected chi connectivity index (χ0v) is 8.17. The van der Waals surface area contributed by atoms with Gasteiger partial charge in [0.1, 0.15) is 5.82 Å². The summed E-state index contributed by atoms with van der Waals surface area (Å²) in [4.78, 5) is 4.09. The Morgan fingerprint density at radius 3 is 2.53 bits per heavy atom. The lowest BCUT2D eigenvalue weighted by Gasteiger charge is -1.96. The molecular formula is C12H11N3. The molecule has 0 amide bonds. The van der Waals surface area contributed by atoms with Crippen molar-refractivity contribution in [3.63, 3.8) is 0 Å². The topological polar surface area (TPSA) is 37.3 Å². The Kier molecular flexibility index (Phi) is 3.07. The van der Waals surface area contributed by atoms with Gasteiger partial charge in [-0.15, -0.1) is 0 Å². The third-order valence-electron chi connectivity index (χ3n) is 1.86. The molecule has 2 rings (SSSR count). The van der Waals surface area contributed by atoms with E-state index in [1.165, 1.54) is 0 Å². The van der Waals surface area contributed by atoms with Crippen LogP contribution in [0, 0.1) is 0 Å². The van der Waals surface area contributed by atoms with E-state index in [9.17, 15) is 0 Å². The van der Waals surface area contributed by atoms with Gasteiger partial charge in [0, 0.05) is 6.20 Å². The van der Waals surface area contributed by atoms with Crippen LogP contribution in [-0.2, 0) is 0 Å². The summed E-state index contributed by atoms with van der Waals surface area (Å²) in [5.74, 6) is 0.740. The van der Waals surface area contributed by atoms with Gasteiger partial charge in [-0.3, -0.25) is 5.43 Å². The first kappa shape index (κ1) is 9.40. The maximum atomic E-state index is 4.09. The van der Waals surface area contributed by atoms with Crippen molar-refractivity contribution in [1.82, 2.24) is 4.98 Å². The van der Waals surface area contributed by atoms with Gasteiger partial charge in [0.15, 0.2) is 0 Å². The van der Waals surface area contributed by atoms with E-state index in [-0.39, 0.29) is 0 Å². The molecule has 2 aromatic rings. The van der Waals surface area contributed by atoms with Gasteiger partial charge in [0.05, 0.1) is 6.21 Å². The minimum absolute atomic E-state index is 0.740. The summed E-state index contributed by atoms with van der Waals surface area (Å²) in [5.41, 5.74) is 3.91. The summed E-state index contributed by atoms with van der Waals surface area (Å²) in [7, 11) is 0. The van der Waals surface area contributed by atoms with Crippen molar-refractivity contribution in [3.8, 4) is 0 Å². The molecule has 0 aliphatic heterocycles. The van der Waals surface area contributed by atoms with Gasteiger partial charge < -0.3 is 0 Å². The molecule has 1 heterocycles. The van der Waals surface area contributed by atoms with Gasteiger partial charge in [0.25, 0.3) is 0 Å². The molecular weight excluding hydrogens is 186 g/mol. The summed E-state index contributed by atoms with van der Waals surface area (Å²) in [5, 5.41) is 4.07. The Morgan fingerprint density at radius 1 is 1.00 bits per heavy atom. The van der Waals surface area contributed by atoms with Crippen LogP contribution in [0.4, 0.5) is 5.82 Å². The fourth-order valence-corrected chi connectivity index (χ4v) is 1.14. The quantitative estimate of drug-likeness (QED) is 0.606. The zero-order chi connectivity index (χ0) is 10.3. The molecule has 0 unspecified atom stereocenters. The number of nitrogens with zero attached hydrogens (tertiary/aromatic N) is 2. The highest BCUT2D eigenvalue weighted by Crippen LogP contribution is 1.99. The van der Waals surface area contributed by atoms with E-state index in [4.69, 9.17) is 0 Å². The van der Waals surface area contributed by atoms with Crippen molar-refractivity contribution in [1.29, 1.82) is 0 Å². The highest BCUT2D eigenvalue weighted by Gasteiger charge is 1.86. The van der Waals surface area contributed by atoms with Crippen LogP contribution in [0.1, 0.15) is 5.56 Å². The van der Waals surface area contributed by atoms with Crippen LogP contribution in [-0.4, -0.2) is 11.2 Å². The number of benzene rings is 1. The maximum absolute atomic E-state index is 4.09. The number of rotatable bonds is 3. The second kappa shape index (κ2) is 4.91. The Bertz CT molecular complexity index is 423. The van der Waals surface area contributed by atoms with Crippen LogP contribution in [0.25, 0.3) is 0 Å². The molecule has 0 aliphatic carbocycles. The van der Waals surface area contributed by atoms with Gasteiger partial charge in [-0.05, 0) is 17.7 Å². The Hall–Kier alpha value is -2.16. The summed E-state index contributed by atoms with van der Waals surface area (Å²) in [6.07, 6.45) is 3.48. The molecule has 74 valence electrons. The molecule has 3 nitrogen and oxygen atoms in total. The fourth-order valence-electron chi connectivity index (χ4n) is 1.14. The molecule has 1 aromatic carbocycles. The molecule has 1 aromatic heterocycles. The van der Waals surface area contributed by atoms with E-state index >= 15 is 0 Å². The molecule has 0 bridgehead atoms. The lowest BCUT2D eigenvalue weighted by molar-refractivity contribution is 1.23. The van der Waals surface area contributed by atoms with Crippen molar-refractivity contribution in [2.24, 2.45) is 5.10 Å². The average molecular weight is 197 g/mol. The smallest absolute Gasteiger partial charge is 0.146 e. The molecule has 0 saturated carbocycles. The van der Waals surface area contributed by atoms with E-state index < -0.39 is 0 Å². The second-order valence-corrected chi connectivity index (χ2v) is 3.00. The molecule has 3 heteroatoms. The summed E-state index contributed by atoms with van der Waals surface area (Å²) in [6, 6.07) is 15.5. The first-order chi connectivity index (χ1) is 7.45. The monoisotopic (exact) mass is 197 g/mol. The lowest BCUT2D eigenvalue weighted by Crippen LogP contribution is -1.92. The minimum atomic E-state index is 0.740. The largest absolute Gasteiger partial charge is 0.261 e. The van der Waals surface area contributed by atoms with Crippen LogP contribution in [0.2, 0.25) is 0 Å². The Labute approximate surface area is 88.5 Å². The molecule has 0 saturated heterocycles. The highest BCUT2D eigenvalue weighted by molar-refractivity contribution is 5.79. The van der Waals surface area contributed by atoms with Crippen LogP contribution >= 0.6 is 0 Å². The van der Waals surface area contributed by atoms with E-state index in [1.54, 1.807) is 12.4 Å². The molecule has 0 spiro atoms. The van der Waals surface area contributed by atoms with E-state index in [0.29, 0.717) is 0 Å². The van der Waals surface area contributed by atoms with Crippen LogP contribution < -0.4 is 5.43 Å². The van der Waals surface area contributed by atoms with E-state index in [0.717, 1.165) is 11.4 Å². The van der Waals surface area contributed by atoms with Crippen LogP contribution in [0.15, 0.2) is 59.8 Å². The zero-order valence-electron chi connectivity index (χ0n) is 8.17. The SMILES string of the molecule is C(=N\Nc1ccccn1)/c1ccccc1. The van der Waals surface area contributed by atoms with E-state index in [2.05, 4.69) is 15.5 Å². The second-order valence-electron chi connectivity index (χ2n) is 3.00. The Balaban J connectivity index is 1.97. The van der Waals surface area contributed by atoms with Crippen molar-refractivity contribution >= 4 is 12.0 Å². The van der Waals surface area contributed by atoms with Gasteiger partial charge in [-0.1, -0.05) is 36.4 Å². The molecule has 0 aliphatic rings. The van der Waals surface area contributed by atoms with Crippen LogP contribution in [0.5, 0.6) is 0 Å². The fraction of sp³-hybridized carbons (Fsp3) is 0. The number of hydrazone groups is 1. The van der Waals surface area contributed by atoms with Gasteiger partial charge in [0.2, 0.25) is 0 Å². The molecule has 0 fully saturated rings. The summed E-state index contributed by atoms with van der Waals surface area (Å²) >= 11 is 0. The van der Waals surface area contributed by atoms with Crippen molar-refractivity contribution < 1.29 is 0 Å². The number of pyridine rings is 1. The summed E-state index contributed by atoms with van der Waals surface area (Å²) in [6.45, 7) is 0. The maximum Gasteiger partial charge on any atom is 0.146 e. The predicted molar refractivity (Wildman–Crippen MR) is 61.9 cm³/mol. The normalized spacial score (nSPS) is 10.4. The van der Waals surface area contributed by atoms with Gasteiger partial charge in [-0.2, -0.15) is 5.10 Å². The lowest BCUT2D eigenvalue weighted by atomic mass is 10.2. The Morgan fingerprint density at radius 2 is 1.80 bits per heavy atom. The predicted octanol–water partition coefficient (Wildman–Crippen LogP) is 2.53. The highest BCUT2D eigenvalue weighted by atomic mass is 15.3. The number of hydrogen-bond acceptors (Lipinski definition) is 3. The first-order valence-electron chi connectivity index (χ1n) is 4.70. The molecule has 0 radical (unpaired) electrons. The number of aromatic nitrogens is 1. The number of nitrogens with one attached hydrogen (secondary N) is 1. The van der Waals surface area contributed by atoms with Gasteiger partial charge >= 0.3 is 0 Å². The molecule has 1 N–H and O–H groups in total. The molecule has 15 heavy (non-hydrogen) atoms. The first-order valence-corrected chi connectivity index (χ1v) is 4.70. The summed E-state index contributed by atoms with van der Waals surface area (Å²) < 4.78 is 0. The standard InChI is InChI=1S/C12H11N3/c1-2-6-11(7-3-1)10-14-15-12-8-4-5-9-13-12/h1-10H,(H,13,15)/b14-10+. The van der Waals surface area contributed by atoms with Crippen molar-refractivity contribution in [2.45, 2.75) is 0 Å². The number of anilines is 1. The van der Waals surface area contributed by atoms with Gasteiger partial charge in [-0.25, -0.2) is 4.98 Å². The van der Waals surface area contributed by atoms with Crippen molar-refractivity contribution in [3.05, 3.63) is 60.3 Å². The van der Waals surface area contributed by atoms with Crippen LogP contribution in [0.3, 0.4) is 0 Å². The van der Waals surface area contributed by atoms with Crippen molar-refractivity contribution in [2.75, 3.05) is 5.43 Å². The third kappa shape index (κ3) is 2.91. The minimum Gasteiger partial charge on any atom is -0.261 e. The average Bonchev–Trinajstić information content (AvgIpc) is 2.32.